The lowest BCUT2D eigenvalue weighted by molar-refractivity contribution is 0.102. The lowest BCUT2D eigenvalue weighted by Gasteiger charge is -2.27. The first-order valence-corrected chi connectivity index (χ1v) is 14.1. The summed E-state index contributed by atoms with van der Waals surface area (Å²) in [4.78, 5) is 34.6. The third-order valence-electron chi connectivity index (χ3n) is 7.48. The zero-order valence-electron chi connectivity index (χ0n) is 23.6. The van der Waals surface area contributed by atoms with E-state index in [1.165, 1.54) is 12.8 Å². The molecular weight excluding hydrogens is 522 g/mol. The number of aromatic nitrogens is 1. The van der Waals surface area contributed by atoms with E-state index in [-0.39, 0.29) is 5.91 Å². The average Bonchev–Trinajstić information content (AvgIpc) is 3.39. The van der Waals surface area contributed by atoms with E-state index in [1.54, 1.807) is 42.6 Å². The van der Waals surface area contributed by atoms with Gasteiger partial charge in [0.05, 0.1) is 19.8 Å². The molecule has 0 spiro atoms. The quantitative estimate of drug-likeness (QED) is 0.379. The first-order valence-electron chi connectivity index (χ1n) is 14.1. The molecule has 0 aliphatic carbocycles. The number of pyridine rings is 1. The number of morpholine rings is 1. The predicted octanol–water partition coefficient (Wildman–Crippen LogP) is 4.95. The highest BCUT2D eigenvalue weighted by atomic mass is 16.6. The Morgan fingerprint density at radius 2 is 1.88 bits per heavy atom. The van der Waals surface area contributed by atoms with Crippen molar-refractivity contribution in [1.82, 2.24) is 9.88 Å². The molecule has 1 unspecified atom stereocenters. The van der Waals surface area contributed by atoms with Gasteiger partial charge in [0.1, 0.15) is 17.3 Å². The van der Waals surface area contributed by atoms with Crippen LogP contribution < -0.4 is 25.0 Å². The van der Waals surface area contributed by atoms with Crippen LogP contribution in [0.4, 0.5) is 22.0 Å². The van der Waals surface area contributed by atoms with Gasteiger partial charge in [-0.2, -0.15) is 0 Å². The number of likely N-dealkylation sites (tertiary alicyclic amines) is 1. The van der Waals surface area contributed by atoms with Crippen LogP contribution >= 0.6 is 0 Å². The second-order valence-corrected chi connectivity index (χ2v) is 10.4. The molecule has 1 atom stereocenters. The van der Waals surface area contributed by atoms with Gasteiger partial charge in [0, 0.05) is 48.3 Å². The van der Waals surface area contributed by atoms with Crippen LogP contribution in [0, 0.1) is 6.92 Å². The highest BCUT2D eigenvalue weighted by molar-refractivity contribution is 6.05. The Kier molecular flexibility index (Phi) is 9.33. The van der Waals surface area contributed by atoms with Gasteiger partial charge in [0.2, 0.25) is 0 Å². The second-order valence-electron chi connectivity index (χ2n) is 10.4. The maximum absolute atomic E-state index is 13.1. The molecule has 3 heterocycles. The molecule has 2 N–H and O–H groups in total. The first kappa shape index (κ1) is 28.4. The molecule has 10 heteroatoms. The summed E-state index contributed by atoms with van der Waals surface area (Å²) in [5, 5.41) is 5.69. The summed E-state index contributed by atoms with van der Waals surface area (Å²) in [7, 11) is 2.15. The third-order valence-corrected chi connectivity index (χ3v) is 7.48. The van der Waals surface area contributed by atoms with Crippen molar-refractivity contribution < 1.29 is 23.8 Å². The normalized spacial score (nSPS) is 17.2. The smallest absolute Gasteiger partial charge is 0.417 e. The van der Waals surface area contributed by atoms with E-state index >= 15 is 0 Å². The average molecular weight is 560 g/mol. The number of benzene rings is 2. The summed E-state index contributed by atoms with van der Waals surface area (Å²) in [5.41, 5.74) is 2.43. The fourth-order valence-corrected chi connectivity index (χ4v) is 5.09. The van der Waals surface area contributed by atoms with Crippen molar-refractivity contribution in [3.05, 3.63) is 71.9 Å². The number of hydrogen-bond acceptors (Lipinski definition) is 8. The number of anilines is 3. The lowest BCUT2D eigenvalue weighted by Crippen LogP contribution is -2.36. The van der Waals surface area contributed by atoms with Crippen molar-refractivity contribution in [3.63, 3.8) is 0 Å². The van der Waals surface area contributed by atoms with Gasteiger partial charge in [-0.1, -0.05) is 12.1 Å². The Morgan fingerprint density at radius 3 is 2.68 bits per heavy atom. The lowest BCUT2D eigenvalue weighted by atomic mass is 10.1. The Labute approximate surface area is 240 Å². The van der Waals surface area contributed by atoms with Crippen molar-refractivity contribution in [1.29, 1.82) is 0 Å². The number of aryl methyl sites for hydroxylation is 1. The highest BCUT2D eigenvalue weighted by Gasteiger charge is 2.20. The minimum atomic E-state index is -0.640. The van der Waals surface area contributed by atoms with Crippen LogP contribution in [-0.2, 0) is 4.74 Å². The van der Waals surface area contributed by atoms with Crippen LogP contribution in [0.15, 0.2) is 60.8 Å². The molecule has 2 fully saturated rings. The molecule has 2 aromatic carbocycles. The number of rotatable bonds is 9. The largest absolute Gasteiger partial charge is 0.494 e. The Balaban J connectivity index is 1.16. The number of carbonyl (C=O) groups is 2. The van der Waals surface area contributed by atoms with Crippen LogP contribution in [0.1, 0.15) is 35.2 Å². The zero-order chi connectivity index (χ0) is 28.6. The van der Waals surface area contributed by atoms with Gasteiger partial charge in [-0.3, -0.25) is 10.1 Å². The summed E-state index contributed by atoms with van der Waals surface area (Å²) >= 11 is 0. The predicted molar refractivity (Wildman–Crippen MR) is 158 cm³/mol. The van der Waals surface area contributed by atoms with Gasteiger partial charge in [-0.25, -0.2) is 9.78 Å². The molecule has 41 heavy (non-hydrogen) atoms. The zero-order valence-corrected chi connectivity index (χ0v) is 23.6. The van der Waals surface area contributed by atoms with Crippen molar-refractivity contribution in [2.24, 2.45) is 0 Å². The molecule has 2 saturated heterocycles. The Bertz CT molecular complexity index is 1360. The number of carbonyl (C=O) groups excluding carboxylic acids is 2. The summed E-state index contributed by atoms with van der Waals surface area (Å²) in [6.45, 7) is 6.37. The van der Waals surface area contributed by atoms with E-state index < -0.39 is 6.09 Å². The fourth-order valence-electron chi connectivity index (χ4n) is 5.09. The van der Waals surface area contributed by atoms with Crippen LogP contribution in [0.5, 0.6) is 11.5 Å². The van der Waals surface area contributed by atoms with Gasteiger partial charge < -0.3 is 29.3 Å². The van der Waals surface area contributed by atoms with Crippen molar-refractivity contribution >= 4 is 29.2 Å². The second kappa shape index (κ2) is 13.5. The summed E-state index contributed by atoms with van der Waals surface area (Å²) < 4.78 is 16.8. The SMILES string of the molecule is Cc1ccc(NC(=O)Oc2ccnc(N3CCOCC3)c2)cc1NC(=O)c1cccc(OCCC2CCCN2C)c1. The number of ether oxygens (including phenoxy) is 3. The van der Waals surface area contributed by atoms with Gasteiger partial charge in [-0.05, 0) is 81.7 Å². The molecule has 10 nitrogen and oxygen atoms in total. The number of nitrogens with one attached hydrogen (secondary N) is 2. The Hall–Kier alpha value is -4.15. The van der Waals surface area contributed by atoms with E-state index in [9.17, 15) is 9.59 Å². The Morgan fingerprint density at radius 1 is 1.02 bits per heavy atom. The molecule has 2 amide bonds. The minimum absolute atomic E-state index is 0.263. The maximum atomic E-state index is 13.1. The number of nitrogens with zero attached hydrogens (tertiary/aromatic N) is 3. The molecule has 1 aromatic heterocycles. The topological polar surface area (TPSA) is 105 Å². The van der Waals surface area contributed by atoms with E-state index in [0.717, 1.165) is 37.4 Å². The standard InChI is InChI=1S/C31H37N5O5/c1-22-8-9-24(33-31(38)41-27-10-12-32-29(21-27)36-14-17-39-18-15-36)20-28(22)34-30(37)23-5-3-7-26(19-23)40-16-11-25-6-4-13-35(25)2/h3,5,7-10,12,19-21,25H,4,6,11,13-18H2,1-2H3,(H,33,38)(H,34,37). The molecule has 2 aliphatic rings. The molecule has 2 aliphatic heterocycles. The van der Waals surface area contributed by atoms with Gasteiger partial charge in [0.25, 0.3) is 5.91 Å². The molecule has 3 aromatic rings. The van der Waals surface area contributed by atoms with Crippen molar-refractivity contribution in [2.45, 2.75) is 32.2 Å². The van der Waals surface area contributed by atoms with Gasteiger partial charge in [-0.15, -0.1) is 0 Å². The minimum Gasteiger partial charge on any atom is -0.494 e. The summed E-state index contributed by atoms with van der Waals surface area (Å²) in [6, 6.07) is 16.4. The number of amides is 2. The van der Waals surface area contributed by atoms with E-state index in [1.807, 2.05) is 25.1 Å². The third kappa shape index (κ3) is 7.74. The van der Waals surface area contributed by atoms with Crippen LogP contribution in [0.25, 0.3) is 0 Å². The fraction of sp³-hybridized carbons (Fsp3) is 0.387. The van der Waals surface area contributed by atoms with Crippen LogP contribution in [-0.4, -0.2) is 74.4 Å². The molecular formula is C31H37N5O5. The van der Waals surface area contributed by atoms with Crippen LogP contribution in [0.2, 0.25) is 0 Å². The maximum Gasteiger partial charge on any atom is 0.417 e. The molecule has 5 rings (SSSR count). The molecule has 0 radical (unpaired) electrons. The summed E-state index contributed by atoms with van der Waals surface area (Å²) in [5.74, 6) is 1.52. The van der Waals surface area contributed by atoms with Crippen LogP contribution in [0.3, 0.4) is 0 Å². The number of hydrogen-bond donors (Lipinski definition) is 2. The van der Waals surface area contributed by atoms with E-state index in [4.69, 9.17) is 14.2 Å². The van der Waals surface area contributed by atoms with E-state index in [2.05, 4.69) is 32.5 Å². The summed E-state index contributed by atoms with van der Waals surface area (Å²) in [6.07, 6.45) is 4.37. The van der Waals surface area contributed by atoms with Crippen molar-refractivity contribution in [2.75, 3.05) is 62.0 Å². The first-order chi connectivity index (χ1) is 19.9. The van der Waals surface area contributed by atoms with Gasteiger partial charge >= 0.3 is 6.09 Å². The van der Waals surface area contributed by atoms with E-state index in [0.29, 0.717) is 54.3 Å². The van der Waals surface area contributed by atoms with Gasteiger partial charge in [0.15, 0.2) is 0 Å². The monoisotopic (exact) mass is 559 g/mol. The molecule has 0 saturated carbocycles. The molecule has 0 bridgehead atoms. The van der Waals surface area contributed by atoms with Crippen molar-refractivity contribution in [3.8, 4) is 11.5 Å². The highest BCUT2D eigenvalue weighted by Crippen LogP contribution is 2.24. The molecule has 216 valence electrons.